The smallest absolute Gasteiger partial charge is 0.246 e. The van der Waals surface area contributed by atoms with E-state index >= 15 is 0 Å². The third-order valence-electron chi connectivity index (χ3n) is 4.22. The summed E-state index contributed by atoms with van der Waals surface area (Å²) in [5, 5.41) is 9.27. The third kappa shape index (κ3) is 2.87. The molecule has 23 heavy (non-hydrogen) atoms. The van der Waals surface area contributed by atoms with Crippen LogP contribution in [0.4, 0.5) is 0 Å². The minimum Gasteiger partial charge on any atom is -0.423 e. The molecule has 3 heterocycles. The lowest BCUT2D eigenvalue weighted by Crippen LogP contribution is -2.42. The molecule has 1 aliphatic rings. The molecule has 0 bridgehead atoms. The zero-order valence-corrected chi connectivity index (χ0v) is 13.3. The summed E-state index contributed by atoms with van der Waals surface area (Å²) in [6.07, 6.45) is 1.95. The van der Waals surface area contributed by atoms with Crippen LogP contribution in [0.2, 0.25) is 0 Å². The number of morpholine rings is 1. The Morgan fingerprint density at radius 3 is 3.00 bits per heavy atom. The number of nitrogens with zero attached hydrogens (tertiary/aromatic N) is 3. The number of ether oxygens (including phenoxy) is 1. The number of nitrogens with one attached hydrogen (secondary N) is 1. The quantitative estimate of drug-likeness (QED) is 0.805. The van der Waals surface area contributed by atoms with Crippen LogP contribution >= 0.6 is 0 Å². The predicted octanol–water partition coefficient (Wildman–Crippen LogP) is 2.82. The van der Waals surface area contributed by atoms with E-state index in [1.54, 1.807) is 6.92 Å². The molecule has 1 aromatic carbocycles. The standard InChI is InChI=1S/C17H20N4O2/c1-11-8-21(10-15(22-11)17-20-19-12(2)23-17)9-14-5-3-4-13-6-7-18-16(13)14/h3-7,11,15,18H,8-10H2,1-2H3/t11-,15-/m1/s1. The van der Waals surface area contributed by atoms with Crippen molar-refractivity contribution < 1.29 is 9.15 Å². The molecular weight excluding hydrogens is 292 g/mol. The van der Waals surface area contributed by atoms with Crippen molar-refractivity contribution in [2.75, 3.05) is 13.1 Å². The van der Waals surface area contributed by atoms with Gasteiger partial charge in [0.2, 0.25) is 11.8 Å². The number of H-pyrrole nitrogens is 1. The van der Waals surface area contributed by atoms with E-state index in [1.165, 1.54) is 16.5 Å². The van der Waals surface area contributed by atoms with Crippen LogP contribution in [-0.4, -0.2) is 39.3 Å². The molecule has 6 nitrogen and oxygen atoms in total. The third-order valence-corrected chi connectivity index (χ3v) is 4.22. The predicted molar refractivity (Wildman–Crippen MR) is 85.9 cm³/mol. The number of benzene rings is 1. The fourth-order valence-corrected chi connectivity index (χ4v) is 3.27. The molecule has 1 aliphatic heterocycles. The second-order valence-electron chi connectivity index (χ2n) is 6.15. The summed E-state index contributed by atoms with van der Waals surface area (Å²) in [6, 6.07) is 8.51. The minimum atomic E-state index is -0.164. The van der Waals surface area contributed by atoms with E-state index in [1.807, 2.05) is 6.20 Å². The van der Waals surface area contributed by atoms with Crippen LogP contribution in [0.15, 0.2) is 34.9 Å². The van der Waals surface area contributed by atoms with E-state index in [2.05, 4.69) is 51.3 Å². The molecule has 0 amide bonds. The molecule has 0 aliphatic carbocycles. The first kappa shape index (κ1) is 14.4. The van der Waals surface area contributed by atoms with Gasteiger partial charge in [-0.05, 0) is 23.9 Å². The fourth-order valence-electron chi connectivity index (χ4n) is 3.27. The van der Waals surface area contributed by atoms with Crippen LogP contribution in [0.5, 0.6) is 0 Å². The minimum absolute atomic E-state index is 0.129. The Bertz CT molecular complexity index is 810. The Morgan fingerprint density at radius 2 is 2.17 bits per heavy atom. The molecular formula is C17H20N4O2. The van der Waals surface area contributed by atoms with Crippen LogP contribution in [-0.2, 0) is 11.3 Å². The highest BCUT2D eigenvalue weighted by molar-refractivity contribution is 5.82. The van der Waals surface area contributed by atoms with E-state index in [4.69, 9.17) is 9.15 Å². The number of aryl methyl sites for hydroxylation is 1. The van der Waals surface area contributed by atoms with Crippen molar-refractivity contribution in [2.45, 2.75) is 32.6 Å². The highest BCUT2D eigenvalue weighted by Gasteiger charge is 2.30. The van der Waals surface area contributed by atoms with Crippen LogP contribution in [0.3, 0.4) is 0 Å². The van der Waals surface area contributed by atoms with Crippen LogP contribution in [0, 0.1) is 6.92 Å². The summed E-state index contributed by atoms with van der Waals surface area (Å²) < 4.78 is 11.5. The number of fused-ring (bicyclic) bond motifs is 1. The number of hydrogen-bond donors (Lipinski definition) is 1. The van der Waals surface area contributed by atoms with Crippen molar-refractivity contribution in [3.05, 3.63) is 47.8 Å². The maximum atomic E-state index is 5.98. The second-order valence-corrected chi connectivity index (χ2v) is 6.15. The Morgan fingerprint density at radius 1 is 1.26 bits per heavy atom. The first-order chi connectivity index (χ1) is 11.2. The van der Waals surface area contributed by atoms with E-state index in [0.717, 1.165) is 19.6 Å². The SMILES string of the molecule is Cc1nnc([C@H]2CN(Cc3cccc4cc[nH]c34)C[C@@H](C)O2)o1. The lowest BCUT2D eigenvalue weighted by atomic mass is 10.1. The maximum Gasteiger partial charge on any atom is 0.246 e. The van der Waals surface area contributed by atoms with Crippen molar-refractivity contribution in [3.63, 3.8) is 0 Å². The van der Waals surface area contributed by atoms with E-state index in [-0.39, 0.29) is 12.2 Å². The average Bonchev–Trinajstić information content (AvgIpc) is 3.16. The maximum absolute atomic E-state index is 5.98. The van der Waals surface area contributed by atoms with Gasteiger partial charge >= 0.3 is 0 Å². The zero-order valence-electron chi connectivity index (χ0n) is 13.3. The number of hydrogen-bond acceptors (Lipinski definition) is 5. The lowest BCUT2D eigenvalue weighted by molar-refractivity contribution is -0.0917. The van der Waals surface area contributed by atoms with E-state index in [0.29, 0.717) is 11.8 Å². The zero-order chi connectivity index (χ0) is 15.8. The summed E-state index contributed by atoms with van der Waals surface area (Å²) >= 11 is 0. The summed E-state index contributed by atoms with van der Waals surface area (Å²) in [5.74, 6) is 1.14. The van der Waals surface area contributed by atoms with Gasteiger partial charge in [0.05, 0.1) is 6.10 Å². The summed E-state index contributed by atoms with van der Waals surface area (Å²) in [6.45, 7) is 6.39. The van der Waals surface area contributed by atoms with Crippen LogP contribution in [0.25, 0.3) is 10.9 Å². The van der Waals surface area contributed by atoms with Crippen molar-refractivity contribution in [3.8, 4) is 0 Å². The van der Waals surface area contributed by atoms with Crippen molar-refractivity contribution >= 4 is 10.9 Å². The Balaban J connectivity index is 1.55. The molecule has 0 saturated carbocycles. The monoisotopic (exact) mass is 312 g/mol. The molecule has 3 aromatic rings. The topological polar surface area (TPSA) is 67.2 Å². The summed E-state index contributed by atoms with van der Waals surface area (Å²) in [4.78, 5) is 5.72. The molecule has 0 spiro atoms. The van der Waals surface area contributed by atoms with Crippen LogP contribution in [0.1, 0.15) is 30.4 Å². The number of para-hydroxylation sites is 1. The van der Waals surface area contributed by atoms with Gasteiger partial charge in [-0.1, -0.05) is 18.2 Å². The molecule has 120 valence electrons. The van der Waals surface area contributed by atoms with E-state index in [9.17, 15) is 0 Å². The van der Waals surface area contributed by atoms with Crippen molar-refractivity contribution in [2.24, 2.45) is 0 Å². The Kier molecular flexibility index (Phi) is 3.63. The van der Waals surface area contributed by atoms with Gasteiger partial charge in [-0.3, -0.25) is 4.90 Å². The van der Waals surface area contributed by atoms with Gasteiger partial charge in [-0.25, -0.2) is 0 Å². The molecule has 0 unspecified atom stereocenters. The normalized spacial score (nSPS) is 22.7. The first-order valence-corrected chi connectivity index (χ1v) is 7.92. The molecule has 1 saturated heterocycles. The van der Waals surface area contributed by atoms with Gasteiger partial charge < -0.3 is 14.1 Å². The van der Waals surface area contributed by atoms with Gasteiger partial charge in [0.15, 0.2) is 0 Å². The lowest BCUT2D eigenvalue weighted by Gasteiger charge is -2.35. The molecule has 1 fully saturated rings. The molecule has 6 heteroatoms. The number of aromatic nitrogens is 3. The van der Waals surface area contributed by atoms with Gasteiger partial charge in [-0.15, -0.1) is 10.2 Å². The average molecular weight is 312 g/mol. The van der Waals surface area contributed by atoms with E-state index < -0.39 is 0 Å². The van der Waals surface area contributed by atoms with Crippen molar-refractivity contribution in [1.29, 1.82) is 0 Å². The Labute approximate surface area is 134 Å². The summed E-state index contributed by atoms with van der Waals surface area (Å²) in [5.41, 5.74) is 2.50. The summed E-state index contributed by atoms with van der Waals surface area (Å²) in [7, 11) is 0. The second kappa shape index (κ2) is 5.79. The highest BCUT2D eigenvalue weighted by atomic mass is 16.5. The van der Waals surface area contributed by atoms with Gasteiger partial charge in [-0.2, -0.15) is 0 Å². The highest BCUT2D eigenvalue weighted by Crippen LogP contribution is 2.26. The Hall–Kier alpha value is -2.18. The molecule has 2 atom stereocenters. The van der Waals surface area contributed by atoms with Gasteiger partial charge in [0.25, 0.3) is 0 Å². The molecule has 2 aromatic heterocycles. The first-order valence-electron chi connectivity index (χ1n) is 7.92. The van der Waals surface area contributed by atoms with Gasteiger partial charge in [0.1, 0.15) is 6.10 Å². The van der Waals surface area contributed by atoms with Crippen molar-refractivity contribution in [1.82, 2.24) is 20.1 Å². The number of rotatable bonds is 3. The fraction of sp³-hybridized carbons (Fsp3) is 0.412. The number of aromatic amines is 1. The molecule has 0 radical (unpaired) electrons. The van der Waals surface area contributed by atoms with Crippen LogP contribution < -0.4 is 0 Å². The largest absolute Gasteiger partial charge is 0.423 e. The molecule has 4 rings (SSSR count). The molecule has 1 N–H and O–H groups in total. The van der Waals surface area contributed by atoms with Gasteiger partial charge in [0, 0.05) is 38.3 Å².